The number of carbonyl (C=O) groups is 1. The minimum atomic E-state index is -0.474. The van der Waals surface area contributed by atoms with E-state index in [-0.39, 0.29) is 23.2 Å². The van der Waals surface area contributed by atoms with Crippen molar-refractivity contribution in [3.63, 3.8) is 0 Å². The van der Waals surface area contributed by atoms with Crippen molar-refractivity contribution >= 4 is 17.4 Å². The Balaban J connectivity index is 2.54. The Morgan fingerprint density at radius 1 is 1.78 bits per heavy atom. The molecule has 0 fully saturated rings. The third kappa shape index (κ3) is 2.00. The van der Waals surface area contributed by atoms with E-state index in [4.69, 9.17) is 21.9 Å². The number of hydrogen-bond acceptors (Lipinski definition) is 4. The molecule has 0 amide bonds. The van der Waals surface area contributed by atoms with E-state index in [1.54, 1.807) is 6.07 Å². The zero-order valence-electron chi connectivity index (χ0n) is 9.97. The zero-order chi connectivity index (χ0) is 13.3. The fourth-order valence-electron chi connectivity index (χ4n) is 1.90. The molecule has 0 N–H and O–H groups in total. The summed E-state index contributed by atoms with van der Waals surface area (Å²) in [6.07, 6.45) is 0. The van der Waals surface area contributed by atoms with E-state index in [2.05, 4.69) is 15.0 Å². The van der Waals surface area contributed by atoms with Crippen molar-refractivity contribution in [2.75, 3.05) is 13.2 Å². The molecule has 0 saturated heterocycles. The van der Waals surface area contributed by atoms with Gasteiger partial charge in [-0.3, -0.25) is 4.79 Å². The van der Waals surface area contributed by atoms with Gasteiger partial charge in [0.1, 0.15) is 5.69 Å². The molecule has 6 nitrogen and oxygen atoms in total. The number of pyridine rings is 1. The first kappa shape index (κ1) is 12.7. The standard InChI is InChI=1S/C11H11ClN4O2/c1-6(17)8-3-7-9(10(12)15-8)18-5-11(7,2)4-14-16-13/h3H,4-5H2,1-2H3. The van der Waals surface area contributed by atoms with Crippen LogP contribution in [0.15, 0.2) is 11.2 Å². The SMILES string of the molecule is CC(=O)c1cc2c(c(Cl)n1)OCC2(C)CN=[N+]=[N-]. The number of aromatic nitrogens is 1. The van der Waals surface area contributed by atoms with E-state index in [1.165, 1.54) is 6.92 Å². The van der Waals surface area contributed by atoms with Crippen LogP contribution in [-0.2, 0) is 5.41 Å². The third-order valence-electron chi connectivity index (χ3n) is 2.96. The van der Waals surface area contributed by atoms with Gasteiger partial charge in [0, 0.05) is 29.4 Å². The monoisotopic (exact) mass is 266 g/mol. The van der Waals surface area contributed by atoms with Crippen LogP contribution in [0.1, 0.15) is 29.9 Å². The zero-order valence-corrected chi connectivity index (χ0v) is 10.7. The number of halogens is 1. The molecule has 18 heavy (non-hydrogen) atoms. The van der Waals surface area contributed by atoms with Crippen molar-refractivity contribution in [2.24, 2.45) is 5.11 Å². The Bertz CT molecular complexity index is 568. The van der Waals surface area contributed by atoms with E-state index in [9.17, 15) is 4.79 Å². The van der Waals surface area contributed by atoms with Gasteiger partial charge in [-0.2, -0.15) is 0 Å². The van der Waals surface area contributed by atoms with Crippen molar-refractivity contribution < 1.29 is 9.53 Å². The molecule has 0 spiro atoms. The van der Waals surface area contributed by atoms with E-state index >= 15 is 0 Å². The number of ketones is 1. The molecule has 1 aliphatic heterocycles. The number of carbonyl (C=O) groups excluding carboxylic acids is 1. The van der Waals surface area contributed by atoms with Crippen LogP contribution in [0, 0.1) is 0 Å². The van der Waals surface area contributed by atoms with Crippen LogP contribution in [0.4, 0.5) is 0 Å². The van der Waals surface area contributed by atoms with Crippen molar-refractivity contribution in [3.05, 3.63) is 32.9 Å². The van der Waals surface area contributed by atoms with Gasteiger partial charge in [0.25, 0.3) is 0 Å². The summed E-state index contributed by atoms with van der Waals surface area (Å²) in [4.78, 5) is 18.1. The molecule has 1 aliphatic rings. The summed E-state index contributed by atoms with van der Waals surface area (Å²) >= 11 is 5.99. The molecule has 0 aliphatic carbocycles. The minimum absolute atomic E-state index is 0.169. The first-order chi connectivity index (χ1) is 8.48. The summed E-state index contributed by atoms with van der Waals surface area (Å²) in [6, 6.07) is 1.66. The van der Waals surface area contributed by atoms with E-state index in [0.29, 0.717) is 12.4 Å². The molecule has 1 unspecified atom stereocenters. The molecule has 1 atom stereocenters. The fourth-order valence-corrected chi connectivity index (χ4v) is 2.14. The normalized spacial score (nSPS) is 20.8. The lowest BCUT2D eigenvalue weighted by molar-refractivity contribution is 0.101. The quantitative estimate of drug-likeness (QED) is 0.277. The summed E-state index contributed by atoms with van der Waals surface area (Å²) < 4.78 is 5.49. The van der Waals surface area contributed by atoms with Gasteiger partial charge in [0.05, 0.1) is 6.61 Å². The summed E-state index contributed by atoms with van der Waals surface area (Å²) in [5, 5.41) is 3.75. The largest absolute Gasteiger partial charge is 0.489 e. The highest BCUT2D eigenvalue weighted by Gasteiger charge is 2.38. The van der Waals surface area contributed by atoms with Gasteiger partial charge in [-0.15, -0.1) is 0 Å². The summed E-state index contributed by atoms with van der Waals surface area (Å²) in [6.45, 7) is 3.91. The van der Waals surface area contributed by atoms with Gasteiger partial charge in [-0.1, -0.05) is 23.6 Å². The van der Waals surface area contributed by atoms with Crippen molar-refractivity contribution in [2.45, 2.75) is 19.3 Å². The summed E-state index contributed by atoms with van der Waals surface area (Å²) in [5.41, 5.74) is 8.99. The molecular formula is C11H11ClN4O2. The Morgan fingerprint density at radius 3 is 3.11 bits per heavy atom. The van der Waals surface area contributed by atoms with E-state index < -0.39 is 5.41 Å². The molecule has 0 saturated carbocycles. The molecule has 0 bridgehead atoms. The number of ether oxygens (including phenoxy) is 1. The molecule has 0 radical (unpaired) electrons. The number of rotatable bonds is 3. The Labute approximate surface area is 109 Å². The highest BCUT2D eigenvalue weighted by Crippen LogP contribution is 2.42. The first-order valence-electron chi connectivity index (χ1n) is 5.33. The maximum atomic E-state index is 11.4. The summed E-state index contributed by atoms with van der Waals surface area (Å²) in [7, 11) is 0. The fraction of sp³-hybridized carbons (Fsp3) is 0.455. The second-order valence-corrected chi connectivity index (χ2v) is 4.83. The van der Waals surface area contributed by atoms with Crippen LogP contribution in [-0.4, -0.2) is 23.9 Å². The number of Topliss-reactive ketones (excluding diaryl/α,β-unsaturated/α-hetero) is 1. The molecule has 2 heterocycles. The smallest absolute Gasteiger partial charge is 0.178 e. The number of nitrogens with zero attached hydrogens (tertiary/aromatic N) is 4. The van der Waals surface area contributed by atoms with E-state index in [1.807, 2.05) is 6.92 Å². The highest BCUT2D eigenvalue weighted by atomic mass is 35.5. The second-order valence-electron chi connectivity index (χ2n) is 4.47. The second kappa shape index (κ2) is 4.48. The van der Waals surface area contributed by atoms with Gasteiger partial charge in [-0.25, -0.2) is 4.98 Å². The lowest BCUT2D eigenvalue weighted by Gasteiger charge is -2.19. The van der Waals surface area contributed by atoms with Crippen molar-refractivity contribution in [1.82, 2.24) is 4.98 Å². The topological polar surface area (TPSA) is 88.0 Å². The van der Waals surface area contributed by atoms with Crippen LogP contribution < -0.4 is 4.74 Å². The molecule has 1 aromatic heterocycles. The van der Waals surface area contributed by atoms with Crippen LogP contribution in [0.2, 0.25) is 5.15 Å². The Hall–Kier alpha value is -1.78. The average molecular weight is 267 g/mol. The predicted molar refractivity (Wildman–Crippen MR) is 66.1 cm³/mol. The third-order valence-corrected chi connectivity index (χ3v) is 3.22. The van der Waals surface area contributed by atoms with E-state index in [0.717, 1.165) is 5.56 Å². The van der Waals surface area contributed by atoms with Crippen LogP contribution >= 0.6 is 11.6 Å². The lowest BCUT2D eigenvalue weighted by Crippen LogP contribution is -2.27. The van der Waals surface area contributed by atoms with Crippen LogP contribution in [0.25, 0.3) is 10.4 Å². The molecule has 1 aromatic rings. The molecule has 2 rings (SSSR count). The van der Waals surface area contributed by atoms with Crippen molar-refractivity contribution in [1.29, 1.82) is 0 Å². The minimum Gasteiger partial charge on any atom is -0.489 e. The maximum absolute atomic E-state index is 11.4. The van der Waals surface area contributed by atoms with Gasteiger partial charge in [-0.05, 0) is 11.6 Å². The number of fused-ring (bicyclic) bond motifs is 1. The molecular weight excluding hydrogens is 256 g/mol. The van der Waals surface area contributed by atoms with Gasteiger partial charge < -0.3 is 4.74 Å². The number of azide groups is 1. The molecule has 0 aromatic carbocycles. The van der Waals surface area contributed by atoms with Crippen LogP contribution in [0.3, 0.4) is 0 Å². The van der Waals surface area contributed by atoms with Gasteiger partial charge in [0.15, 0.2) is 16.7 Å². The van der Waals surface area contributed by atoms with Crippen LogP contribution in [0.5, 0.6) is 5.75 Å². The van der Waals surface area contributed by atoms with Crippen molar-refractivity contribution in [3.8, 4) is 5.75 Å². The molecule has 94 valence electrons. The predicted octanol–water partition coefficient (Wildman–Crippen LogP) is 2.90. The molecule has 7 heteroatoms. The van der Waals surface area contributed by atoms with Gasteiger partial charge >= 0.3 is 0 Å². The Kier molecular flexibility index (Phi) is 3.15. The average Bonchev–Trinajstić information content (AvgIpc) is 2.66. The Morgan fingerprint density at radius 2 is 2.50 bits per heavy atom. The number of hydrogen-bond donors (Lipinski definition) is 0. The first-order valence-corrected chi connectivity index (χ1v) is 5.71. The lowest BCUT2D eigenvalue weighted by atomic mass is 9.85. The highest BCUT2D eigenvalue weighted by molar-refractivity contribution is 6.31. The summed E-state index contributed by atoms with van der Waals surface area (Å²) in [5.74, 6) is 0.301. The maximum Gasteiger partial charge on any atom is 0.178 e. The van der Waals surface area contributed by atoms with Gasteiger partial charge in [0.2, 0.25) is 0 Å².